The van der Waals surface area contributed by atoms with Gasteiger partial charge in [0.15, 0.2) is 0 Å². The molecule has 7 heteroatoms. The molecule has 0 saturated carbocycles. The zero-order chi connectivity index (χ0) is 26.9. The summed E-state index contributed by atoms with van der Waals surface area (Å²) in [4.78, 5) is 30.4. The van der Waals surface area contributed by atoms with E-state index in [2.05, 4.69) is 25.3 Å². The Morgan fingerprint density at radius 3 is 2.32 bits per heavy atom. The molecule has 37 heavy (non-hydrogen) atoms. The summed E-state index contributed by atoms with van der Waals surface area (Å²) in [6.07, 6.45) is 2.55. The van der Waals surface area contributed by atoms with E-state index >= 15 is 0 Å². The average Bonchev–Trinajstić information content (AvgIpc) is 3.16. The molecule has 198 valence electrons. The van der Waals surface area contributed by atoms with Crippen molar-refractivity contribution in [2.24, 2.45) is 0 Å². The highest BCUT2D eigenvalue weighted by atomic mass is 16.5. The number of ketones is 1. The van der Waals surface area contributed by atoms with Crippen LogP contribution in [-0.4, -0.2) is 66.0 Å². The topological polar surface area (TPSA) is 79.3 Å². The maximum atomic E-state index is 13.3. The van der Waals surface area contributed by atoms with E-state index < -0.39 is 17.7 Å². The third kappa shape index (κ3) is 6.41. The fourth-order valence-corrected chi connectivity index (χ4v) is 4.50. The van der Waals surface area contributed by atoms with Crippen molar-refractivity contribution in [3.8, 4) is 11.5 Å². The molecule has 0 radical (unpaired) electrons. The van der Waals surface area contributed by atoms with Crippen molar-refractivity contribution in [1.29, 1.82) is 0 Å². The first-order valence-corrected chi connectivity index (χ1v) is 12.9. The second-order valence-electron chi connectivity index (χ2n) is 9.01. The fourth-order valence-electron chi connectivity index (χ4n) is 4.50. The van der Waals surface area contributed by atoms with Gasteiger partial charge in [0.1, 0.15) is 23.9 Å². The molecular formula is C30H38N2O5. The summed E-state index contributed by atoms with van der Waals surface area (Å²) in [5.41, 5.74) is 2.08. The van der Waals surface area contributed by atoms with Crippen LogP contribution in [0.5, 0.6) is 11.5 Å². The largest absolute Gasteiger partial charge is 0.507 e. The van der Waals surface area contributed by atoms with Crippen molar-refractivity contribution < 1.29 is 24.2 Å². The predicted molar refractivity (Wildman–Crippen MR) is 146 cm³/mol. The van der Waals surface area contributed by atoms with E-state index in [1.807, 2.05) is 32.0 Å². The van der Waals surface area contributed by atoms with Crippen LogP contribution in [0.3, 0.4) is 0 Å². The van der Waals surface area contributed by atoms with E-state index in [9.17, 15) is 14.7 Å². The second kappa shape index (κ2) is 13.1. The number of benzene rings is 2. The van der Waals surface area contributed by atoms with Crippen molar-refractivity contribution in [3.05, 3.63) is 77.4 Å². The lowest BCUT2D eigenvalue weighted by molar-refractivity contribution is -0.140. The van der Waals surface area contributed by atoms with Gasteiger partial charge in [-0.1, -0.05) is 45.6 Å². The van der Waals surface area contributed by atoms with Gasteiger partial charge in [-0.05, 0) is 67.9 Å². The number of likely N-dealkylation sites (tertiary alicyclic amines) is 1. The highest BCUT2D eigenvalue weighted by Crippen LogP contribution is 2.40. The summed E-state index contributed by atoms with van der Waals surface area (Å²) in [7, 11) is 0. The number of ether oxygens (including phenoxy) is 2. The Morgan fingerprint density at radius 1 is 1.05 bits per heavy atom. The minimum absolute atomic E-state index is 0.0923. The number of rotatable bonds is 13. The lowest BCUT2D eigenvalue weighted by atomic mass is 9.94. The van der Waals surface area contributed by atoms with Gasteiger partial charge in [-0.25, -0.2) is 0 Å². The molecule has 1 aliphatic rings. The SMILES string of the molecule is C=CCOc1ccc([C@@H]2C(=C(O)c3ccc(OCCC)cc3C)C(=O)C(=O)N2CCN(CC)CC)cc1. The van der Waals surface area contributed by atoms with E-state index in [4.69, 9.17) is 9.47 Å². The molecule has 1 saturated heterocycles. The van der Waals surface area contributed by atoms with Gasteiger partial charge in [0.2, 0.25) is 0 Å². The monoisotopic (exact) mass is 506 g/mol. The van der Waals surface area contributed by atoms with Gasteiger partial charge >= 0.3 is 0 Å². The highest BCUT2D eigenvalue weighted by Gasteiger charge is 2.46. The molecule has 1 heterocycles. The highest BCUT2D eigenvalue weighted by molar-refractivity contribution is 6.46. The third-order valence-electron chi connectivity index (χ3n) is 6.58. The van der Waals surface area contributed by atoms with Crippen molar-refractivity contribution in [1.82, 2.24) is 9.80 Å². The smallest absolute Gasteiger partial charge is 0.295 e. The number of Topliss-reactive ketones (excluding diaryl/α,β-unsaturated/α-hetero) is 1. The predicted octanol–water partition coefficient (Wildman–Crippen LogP) is 5.11. The van der Waals surface area contributed by atoms with Crippen LogP contribution in [0.1, 0.15) is 49.9 Å². The van der Waals surface area contributed by atoms with Crippen LogP contribution in [-0.2, 0) is 9.59 Å². The lowest BCUT2D eigenvalue weighted by Gasteiger charge is -2.28. The number of carbonyl (C=O) groups excluding carboxylic acids is 2. The Hall–Kier alpha value is -3.58. The molecule has 7 nitrogen and oxygen atoms in total. The van der Waals surface area contributed by atoms with Crippen molar-refractivity contribution >= 4 is 17.4 Å². The minimum Gasteiger partial charge on any atom is -0.507 e. The van der Waals surface area contributed by atoms with Crippen LogP contribution < -0.4 is 9.47 Å². The molecule has 0 aliphatic carbocycles. The van der Waals surface area contributed by atoms with Gasteiger partial charge in [0, 0.05) is 18.7 Å². The van der Waals surface area contributed by atoms with Gasteiger partial charge in [-0.15, -0.1) is 0 Å². The first-order chi connectivity index (χ1) is 17.9. The molecule has 1 amide bonds. The molecule has 1 atom stereocenters. The maximum Gasteiger partial charge on any atom is 0.295 e. The number of likely N-dealkylation sites (N-methyl/N-ethyl adjacent to an activating group) is 1. The molecule has 0 spiro atoms. The molecule has 1 fully saturated rings. The summed E-state index contributed by atoms with van der Waals surface area (Å²) in [5, 5.41) is 11.4. The molecule has 2 aromatic carbocycles. The molecule has 0 unspecified atom stereocenters. The van der Waals surface area contributed by atoms with Crippen LogP contribution >= 0.6 is 0 Å². The van der Waals surface area contributed by atoms with Crippen LogP contribution in [0.4, 0.5) is 0 Å². The van der Waals surface area contributed by atoms with Crippen molar-refractivity contribution in [2.45, 2.75) is 40.2 Å². The zero-order valence-corrected chi connectivity index (χ0v) is 22.3. The van der Waals surface area contributed by atoms with Gasteiger partial charge in [-0.2, -0.15) is 0 Å². The van der Waals surface area contributed by atoms with Crippen LogP contribution in [0.25, 0.3) is 5.76 Å². The summed E-state index contributed by atoms with van der Waals surface area (Å²) in [5.74, 6) is -0.115. The van der Waals surface area contributed by atoms with E-state index in [-0.39, 0.29) is 11.3 Å². The number of nitrogens with zero attached hydrogens (tertiary/aromatic N) is 2. The second-order valence-corrected chi connectivity index (χ2v) is 9.01. The number of hydrogen-bond acceptors (Lipinski definition) is 6. The van der Waals surface area contributed by atoms with Crippen LogP contribution in [0, 0.1) is 6.92 Å². The quantitative estimate of drug-likeness (QED) is 0.176. The number of hydrogen-bond donors (Lipinski definition) is 1. The molecule has 1 N–H and O–H groups in total. The normalized spacial score (nSPS) is 16.9. The summed E-state index contributed by atoms with van der Waals surface area (Å²) < 4.78 is 11.3. The number of carbonyl (C=O) groups is 2. The Morgan fingerprint density at radius 2 is 1.73 bits per heavy atom. The third-order valence-corrected chi connectivity index (χ3v) is 6.58. The van der Waals surface area contributed by atoms with Gasteiger partial charge in [-0.3, -0.25) is 9.59 Å². The summed E-state index contributed by atoms with van der Waals surface area (Å²) in [6, 6.07) is 11.9. The number of aliphatic hydroxyl groups excluding tert-OH is 1. The molecule has 2 aromatic rings. The zero-order valence-electron chi connectivity index (χ0n) is 22.3. The van der Waals surface area contributed by atoms with E-state index in [0.717, 1.165) is 30.6 Å². The molecule has 0 aromatic heterocycles. The van der Waals surface area contributed by atoms with E-state index in [1.165, 1.54) is 0 Å². The van der Waals surface area contributed by atoms with Gasteiger partial charge < -0.3 is 24.4 Å². The summed E-state index contributed by atoms with van der Waals surface area (Å²) in [6.45, 7) is 15.3. The first-order valence-electron chi connectivity index (χ1n) is 12.9. The number of aliphatic hydroxyl groups is 1. The summed E-state index contributed by atoms with van der Waals surface area (Å²) >= 11 is 0. The molecule has 3 rings (SSSR count). The fraction of sp³-hybridized carbons (Fsp3) is 0.400. The van der Waals surface area contributed by atoms with Crippen LogP contribution in [0.2, 0.25) is 0 Å². The molecule has 0 bridgehead atoms. The van der Waals surface area contributed by atoms with Gasteiger partial charge in [0.05, 0.1) is 18.2 Å². The van der Waals surface area contributed by atoms with Gasteiger partial charge in [0.25, 0.3) is 11.7 Å². The molecular weight excluding hydrogens is 468 g/mol. The van der Waals surface area contributed by atoms with Crippen molar-refractivity contribution in [3.63, 3.8) is 0 Å². The lowest BCUT2D eigenvalue weighted by Crippen LogP contribution is -2.38. The van der Waals surface area contributed by atoms with Crippen molar-refractivity contribution in [2.75, 3.05) is 39.4 Å². The van der Waals surface area contributed by atoms with Crippen LogP contribution in [0.15, 0.2) is 60.7 Å². The van der Waals surface area contributed by atoms with E-state index in [1.54, 1.807) is 35.2 Å². The minimum atomic E-state index is -0.709. The Labute approximate surface area is 220 Å². The average molecular weight is 507 g/mol. The molecule has 1 aliphatic heterocycles. The Balaban J connectivity index is 2.06. The van der Waals surface area contributed by atoms with E-state index in [0.29, 0.717) is 43.4 Å². The number of amides is 1. The standard InChI is InChI=1S/C30H38N2O5/c1-6-18-36-23-12-10-22(11-13-23)27-26(29(34)30(35)32(27)17-16-31(8-3)9-4)28(33)25-15-14-24(20-21(25)5)37-19-7-2/h6,10-15,20,27,33H,1,7-9,16-19H2,2-5H3/t27-/m1/s1. The Bertz CT molecular complexity index is 1140. The Kier molecular flexibility index (Phi) is 9.92. The number of aryl methyl sites for hydroxylation is 1. The maximum absolute atomic E-state index is 13.3. The first kappa shape index (κ1) is 28.0.